The van der Waals surface area contributed by atoms with E-state index in [4.69, 9.17) is 10.5 Å². The number of rotatable bonds is 3. The van der Waals surface area contributed by atoms with Crippen LogP contribution in [0.15, 0.2) is 18.3 Å². The molecule has 0 spiro atoms. The topological polar surface area (TPSA) is 54.6 Å². The molecule has 1 atom stereocenters. The summed E-state index contributed by atoms with van der Waals surface area (Å²) in [5.41, 5.74) is 7.99. The second kappa shape index (κ2) is 5.86. The maximum atomic E-state index is 5.78. The summed E-state index contributed by atoms with van der Waals surface area (Å²) in [7, 11) is 0. The fraction of sp³-hybridized carbons (Fsp3) is 0.643. The molecule has 2 fully saturated rings. The van der Waals surface area contributed by atoms with Crippen LogP contribution in [0.2, 0.25) is 0 Å². The van der Waals surface area contributed by atoms with E-state index in [0.29, 0.717) is 12.6 Å². The van der Waals surface area contributed by atoms with Crippen molar-refractivity contribution >= 4 is 5.69 Å². The summed E-state index contributed by atoms with van der Waals surface area (Å²) in [6.45, 7) is 6.56. The molecule has 2 aliphatic heterocycles. The van der Waals surface area contributed by atoms with E-state index in [1.807, 2.05) is 12.3 Å². The van der Waals surface area contributed by atoms with E-state index in [2.05, 4.69) is 20.9 Å². The van der Waals surface area contributed by atoms with E-state index in [-0.39, 0.29) is 0 Å². The van der Waals surface area contributed by atoms with E-state index in [0.717, 1.165) is 45.1 Å². The van der Waals surface area contributed by atoms with Gasteiger partial charge in [-0.05, 0) is 18.6 Å². The van der Waals surface area contributed by atoms with Crippen LogP contribution in [-0.4, -0.2) is 55.3 Å². The summed E-state index contributed by atoms with van der Waals surface area (Å²) >= 11 is 0. The smallest absolute Gasteiger partial charge is 0.0772 e. The SMILES string of the molecule is NCc1ncccc1N1CCC(N2CCOCC2)C1. The molecular weight excluding hydrogens is 240 g/mol. The van der Waals surface area contributed by atoms with Gasteiger partial charge in [-0.3, -0.25) is 9.88 Å². The molecule has 104 valence electrons. The maximum absolute atomic E-state index is 5.78. The molecule has 0 aromatic carbocycles. The highest BCUT2D eigenvalue weighted by atomic mass is 16.5. The molecule has 5 heteroatoms. The molecule has 2 aliphatic rings. The zero-order chi connectivity index (χ0) is 13.1. The Morgan fingerprint density at radius 2 is 2.16 bits per heavy atom. The Hall–Kier alpha value is -1.17. The van der Waals surface area contributed by atoms with Crippen molar-refractivity contribution in [2.24, 2.45) is 5.73 Å². The fourth-order valence-corrected chi connectivity index (χ4v) is 3.08. The summed E-state index contributed by atoms with van der Waals surface area (Å²) in [4.78, 5) is 9.36. The van der Waals surface area contributed by atoms with Gasteiger partial charge in [-0.2, -0.15) is 0 Å². The van der Waals surface area contributed by atoms with Gasteiger partial charge in [0, 0.05) is 45.0 Å². The standard InChI is InChI=1S/C14H22N4O/c15-10-13-14(2-1-4-16-13)18-5-3-12(11-18)17-6-8-19-9-7-17/h1-2,4,12H,3,5-11,15H2. The molecule has 1 aromatic rings. The Kier molecular flexibility index (Phi) is 3.96. The fourth-order valence-electron chi connectivity index (χ4n) is 3.08. The Balaban J connectivity index is 1.67. The Bertz CT molecular complexity index is 420. The van der Waals surface area contributed by atoms with Crippen molar-refractivity contribution in [2.75, 3.05) is 44.3 Å². The number of hydrogen-bond donors (Lipinski definition) is 1. The first kappa shape index (κ1) is 12.8. The normalized spacial score (nSPS) is 24.9. The quantitative estimate of drug-likeness (QED) is 0.857. The number of ether oxygens (including phenoxy) is 1. The highest BCUT2D eigenvalue weighted by Crippen LogP contribution is 2.25. The lowest BCUT2D eigenvalue weighted by atomic mass is 10.2. The molecule has 0 bridgehead atoms. The lowest BCUT2D eigenvalue weighted by molar-refractivity contribution is 0.0209. The average molecular weight is 262 g/mol. The molecular formula is C14H22N4O. The van der Waals surface area contributed by atoms with Crippen LogP contribution in [0.5, 0.6) is 0 Å². The third kappa shape index (κ3) is 2.73. The van der Waals surface area contributed by atoms with Crippen molar-refractivity contribution in [1.82, 2.24) is 9.88 Å². The first-order valence-electron chi connectivity index (χ1n) is 7.09. The van der Waals surface area contributed by atoms with Crippen molar-refractivity contribution in [1.29, 1.82) is 0 Å². The highest BCUT2D eigenvalue weighted by molar-refractivity contribution is 5.51. The highest BCUT2D eigenvalue weighted by Gasteiger charge is 2.29. The largest absolute Gasteiger partial charge is 0.379 e. The first-order valence-corrected chi connectivity index (χ1v) is 7.09. The number of nitrogens with zero attached hydrogens (tertiary/aromatic N) is 3. The van der Waals surface area contributed by atoms with E-state index in [1.54, 1.807) is 0 Å². The number of hydrogen-bond acceptors (Lipinski definition) is 5. The van der Waals surface area contributed by atoms with Crippen molar-refractivity contribution in [2.45, 2.75) is 19.0 Å². The molecule has 3 rings (SSSR count). The minimum Gasteiger partial charge on any atom is -0.379 e. The van der Waals surface area contributed by atoms with Gasteiger partial charge >= 0.3 is 0 Å². The van der Waals surface area contributed by atoms with Gasteiger partial charge in [-0.25, -0.2) is 0 Å². The summed E-state index contributed by atoms with van der Waals surface area (Å²) in [5, 5.41) is 0. The predicted octanol–water partition coefficient (Wildman–Crippen LogP) is 0.451. The van der Waals surface area contributed by atoms with Crippen LogP contribution in [0.25, 0.3) is 0 Å². The number of anilines is 1. The molecule has 2 saturated heterocycles. The molecule has 3 heterocycles. The Labute approximate surface area is 114 Å². The predicted molar refractivity (Wildman–Crippen MR) is 75.1 cm³/mol. The average Bonchev–Trinajstić information content (AvgIpc) is 2.98. The zero-order valence-corrected chi connectivity index (χ0v) is 11.3. The van der Waals surface area contributed by atoms with Gasteiger partial charge in [0.15, 0.2) is 0 Å². The van der Waals surface area contributed by atoms with Crippen molar-refractivity contribution in [3.63, 3.8) is 0 Å². The minimum atomic E-state index is 0.509. The van der Waals surface area contributed by atoms with E-state index < -0.39 is 0 Å². The van der Waals surface area contributed by atoms with Gasteiger partial charge in [0.1, 0.15) is 0 Å². The molecule has 0 radical (unpaired) electrons. The van der Waals surface area contributed by atoms with E-state index >= 15 is 0 Å². The second-order valence-corrected chi connectivity index (χ2v) is 5.21. The molecule has 0 amide bonds. The van der Waals surface area contributed by atoms with Crippen LogP contribution in [0.4, 0.5) is 5.69 Å². The van der Waals surface area contributed by atoms with Crippen molar-refractivity contribution in [3.05, 3.63) is 24.0 Å². The number of morpholine rings is 1. The monoisotopic (exact) mass is 262 g/mol. The van der Waals surface area contributed by atoms with E-state index in [9.17, 15) is 0 Å². The zero-order valence-electron chi connectivity index (χ0n) is 11.3. The molecule has 2 N–H and O–H groups in total. The summed E-state index contributed by atoms with van der Waals surface area (Å²) < 4.78 is 5.43. The maximum Gasteiger partial charge on any atom is 0.0772 e. The van der Waals surface area contributed by atoms with Gasteiger partial charge in [0.05, 0.1) is 24.6 Å². The minimum absolute atomic E-state index is 0.509. The lowest BCUT2D eigenvalue weighted by Crippen LogP contribution is -2.44. The summed E-state index contributed by atoms with van der Waals surface area (Å²) in [6.07, 6.45) is 3.04. The van der Waals surface area contributed by atoms with Crippen LogP contribution in [-0.2, 0) is 11.3 Å². The Morgan fingerprint density at radius 3 is 2.95 bits per heavy atom. The van der Waals surface area contributed by atoms with Crippen molar-refractivity contribution in [3.8, 4) is 0 Å². The van der Waals surface area contributed by atoms with Crippen LogP contribution in [0.1, 0.15) is 12.1 Å². The second-order valence-electron chi connectivity index (χ2n) is 5.21. The van der Waals surface area contributed by atoms with Gasteiger partial charge in [-0.1, -0.05) is 0 Å². The van der Waals surface area contributed by atoms with E-state index in [1.165, 1.54) is 12.1 Å². The Morgan fingerprint density at radius 1 is 1.32 bits per heavy atom. The van der Waals surface area contributed by atoms with Crippen LogP contribution in [0.3, 0.4) is 0 Å². The third-order valence-corrected chi connectivity index (χ3v) is 4.13. The number of pyridine rings is 1. The van der Waals surface area contributed by atoms with Gasteiger partial charge in [0.2, 0.25) is 0 Å². The molecule has 0 aliphatic carbocycles. The third-order valence-electron chi connectivity index (χ3n) is 4.13. The molecule has 0 saturated carbocycles. The number of nitrogens with two attached hydrogens (primary N) is 1. The molecule has 1 aromatic heterocycles. The first-order chi connectivity index (χ1) is 9.38. The van der Waals surface area contributed by atoms with Crippen LogP contribution in [0, 0.1) is 0 Å². The summed E-state index contributed by atoms with van der Waals surface area (Å²) in [5.74, 6) is 0. The molecule has 19 heavy (non-hydrogen) atoms. The van der Waals surface area contributed by atoms with Gasteiger partial charge in [0.25, 0.3) is 0 Å². The summed E-state index contributed by atoms with van der Waals surface area (Å²) in [6, 6.07) is 4.78. The molecule has 5 nitrogen and oxygen atoms in total. The van der Waals surface area contributed by atoms with Gasteiger partial charge in [-0.15, -0.1) is 0 Å². The van der Waals surface area contributed by atoms with Gasteiger partial charge < -0.3 is 15.4 Å². The van der Waals surface area contributed by atoms with Crippen LogP contribution >= 0.6 is 0 Å². The van der Waals surface area contributed by atoms with Crippen molar-refractivity contribution < 1.29 is 4.74 Å². The molecule has 1 unspecified atom stereocenters. The lowest BCUT2D eigenvalue weighted by Gasteiger charge is -2.32. The van der Waals surface area contributed by atoms with Crippen LogP contribution < -0.4 is 10.6 Å². The number of aromatic nitrogens is 1.